The minimum Gasteiger partial charge on any atom is -0.334 e. The molecule has 2 rings (SSSR count). The van der Waals surface area contributed by atoms with Gasteiger partial charge in [0.25, 0.3) is 5.89 Å². The molecule has 16 heavy (non-hydrogen) atoms. The number of halogens is 2. The standard InChI is InChI=1S/C10H9Cl2N3O/c1-13-5-8-14-10(16-15-8)9-6(11)3-2-4-7(9)12/h2-4,13H,5H2,1H3. The second-order valence-corrected chi connectivity index (χ2v) is 3.96. The summed E-state index contributed by atoms with van der Waals surface area (Å²) in [6.45, 7) is 0.533. The molecular formula is C10H9Cl2N3O. The van der Waals surface area contributed by atoms with E-state index in [0.29, 0.717) is 33.9 Å². The molecule has 0 fully saturated rings. The number of rotatable bonds is 3. The van der Waals surface area contributed by atoms with E-state index in [1.165, 1.54) is 0 Å². The highest BCUT2D eigenvalue weighted by molar-refractivity contribution is 6.38. The maximum Gasteiger partial charge on any atom is 0.261 e. The quantitative estimate of drug-likeness (QED) is 0.919. The molecule has 6 heteroatoms. The molecule has 2 aromatic rings. The highest BCUT2D eigenvalue weighted by atomic mass is 35.5. The van der Waals surface area contributed by atoms with E-state index >= 15 is 0 Å². The van der Waals surface area contributed by atoms with Crippen molar-refractivity contribution in [1.82, 2.24) is 15.5 Å². The van der Waals surface area contributed by atoms with Gasteiger partial charge in [-0.3, -0.25) is 0 Å². The highest BCUT2D eigenvalue weighted by Crippen LogP contribution is 2.33. The summed E-state index contributed by atoms with van der Waals surface area (Å²) in [7, 11) is 1.80. The van der Waals surface area contributed by atoms with Gasteiger partial charge in [0.05, 0.1) is 22.2 Å². The lowest BCUT2D eigenvalue weighted by molar-refractivity contribution is 0.421. The van der Waals surface area contributed by atoms with E-state index in [1.807, 2.05) is 0 Å². The smallest absolute Gasteiger partial charge is 0.261 e. The second-order valence-electron chi connectivity index (χ2n) is 3.14. The minimum absolute atomic E-state index is 0.334. The van der Waals surface area contributed by atoms with Crippen LogP contribution in [0.2, 0.25) is 10.0 Å². The van der Waals surface area contributed by atoms with Crippen LogP contribution in [-0.4, -0.2) is 17.2 Å². The summed E-state index contributed by atoms with van der Waals surface area (Å²) in [4.78, 5) is 4.18. The third-order valence-corrected chi connectivity index (χ3v) is 2.61. The van der Waals surface area contributed by atoms with Crippen LogP contribution >= 0.6 is 23.2 Å². The number of nitrogens with one attached hydrogen (secondary N) is 1. The summed E-state index contributed by atoms with van der Waals surface area (Å²) in [6.07, 6.45) is 0. The molecule has 0 aliphatic rings. The summed E-state index contributed by atoms with van der Waals surface area (Å²) >= 11 is 12.0. The molecule has 0 saturated heterocycles. The fourth-order valence-corrected chi connectivity index (χ4v) is 1.85. The van der Waals surface area contributed by atoms with Crippen molar-refractivity contribution in [2.75, 3.05) is 7.05 Å². The van der Waals surface area contributed by atoms with Crippen molar-refractivity contribution in [3.63, 3.8) is 0 Å². The third-order valence-electron chi connectivity index (χ3n) is 1.98. The van der Waals surface area contributed by atoms with Crippen molar-refractivity contribution in [2.45, 2.75) is 6.54 Å². The predicted octanol–water partition coefficient (Wildman–Crippen LogP) is 2.76. The van der Waals surface area contributed by atoms with Gasteiger partial charge in [-0.15, -0.1) is 0 Å². The van der Waals surface area contributed by atoms with Crippen LogP contribution in [0.1, 0.15) is 5.82 Å². The van der Waals surface area contributed by atoms with Crippen LogP contribution in [-0.2, 0) is 6.54 Å². The lowest BCUT2D eigenvalue weighted by Crippen LogP contribution is -2.06. The number of aromatic nitrogens is 2. The lowest BCUT2D eigenvalue weighted by atomic mass is 10.2. The van der Waals surface area contributed by atoms with E-state index in [2.05, 4.69) is 15.5 Å². The van der Waals surface area contributed by atoms with Gasteiger partial charge in [0.15, 0.2) is 5.82 Å². The molecule has 4 nitrogen and oxygen atoms in total. The van der Waals surface area contributed by atoms with Gasteiger partial charge in [0.2, 0.25) is 0 Å². The molecule has 1 aromatic carbocycles. The molecule has 0 aliphatic carbocycles. The van der Waals surface area contributed by atoms with Gasteiger partial charge in [-0.2, -0.15) is 4.98 Å². The summed E-state index contributed by atoms with van der Waals surface area (Å²) in [5.74, 6) is 0.898. The van der Waals surface area contributed by atoms with Crippen LogP contribution < -0.4 is 5.32 Å². The van der Waals surface area contributed by atoms with Crippen LogP contribution in [0, 0.1) is 0 Å². The van der Waals surface area contributed by atoms with Crippen LogP contribution in [0.5, 0.6) is 0 Å². The molecule has 0 aliphatic heterocycles. The molecular weight excluding hydrogens is 249 g/mol. The van der Waals surface area contributed by atoms with Gasteiger partial charge in [-0.25, -0.2) is 0 Å². The molecule has 1 aromatic heterocycles. The Bertz CT molecular complexity index is 478. The monoisotopic (exact) mass is 257 g/mol. The molecule has 1 N–H and O–H groups in total. The molecule has 1 heterocycles. The number of benzene rings is 1. The molecule has 0 unspecified atom stereocenters. The van der Waals surface area contributed by atoms with Gasteiger partial charge in [-0.05, 0) is 19.2 Å². The minimum atomic E-state index is 0.334. The summed E-state index contributed by atoms with van der Waals surface area (Å²) < 4.78 is 5.09. The first kappa shape index (κ1) is 11.4. The third kappa shape index (κ3) is 2.19. The molecule has 84 valence electrons. The first-order valence-corrected chi connectivity index (χ1v) is 5.39. The SMILES string of the molecule is CNCc1noc(-c2c(Cl)cccc2Cl)n1. The van der Waals surface area contributed by atoms with Crippen molar-refractivity contribution in [3.05, 3.63) is 34.1 Å². The zero-order valence-electron chi connectivity index (χ0n) is 8.50. The Morgan fingerprint density at radius 3 is 2.62 bits per heavy atom. The van der Waals surface area contributed by atoms with Gasteiger partial charge < -0.3 is 9.84 Å². The maximum absolute atomic E-state index is 6.02. The lowest BCUT2D eigenvalue weighted by Gasteiger charge is -2.00. The fraction of sp³-hybridized carbons (Fsp3) is 0.200. The number of hydrogen-bond donors (Lipinski definition) is 1. The second kappa shape index (κ2) is 4.82. The molecule has 0 saturated carbocycles. The van der Waals surface area contributed by atoms with Crippen molar-refractivity contribution in [3.8, 4) is 11.5 Å². The topological polar surface area (TPSA) is 51.0 Å². The van der Waals surface area contributed by atoms with Gasteiger partial charge >= 0.3 is 0 Å². The van der Waals surface area contributed by atoms with E-state index in [1.54, 1.807) is 25.2 Å². The average Bonchev–Trinajstić information content (AvgIpc) is 2.67. The molecule has 0 spiro atoms. The first-order chi connectivity index (χ1) is 7.72. The largest absolute Gasteiger partial charge is 0.334 e. The molecule has 0 atom stereocenters. The van der Waals surface area contributed by atoms with E-state index in [9.17, 15) is 0 Å². The van der Waals surface area contributed by atoms with Crippen LogP contribution in [0.15, 0.2) is 22.7 Å². The average molecular weight is 258 g/mol. The van der Waals surface area contributed by atoms with E-state index < -0.39 is 0 Å². The maximum atomic E-state index is 6.02. The zero-order valence-corrected chi connectivity index (χ0v) is 10.0. The van der Waals surface area contributed by atoms with E-state index in [0.717, 1.165) is 0 Å². The zero-order chi connectivity index (χ0) is 11.5. The summed E-state index contributed by atoms with van der Waals surface area (Å²) in [5, 5.41) is 7.71. The van der Waals surface area contributed by atoms with Crippen LogP contribution in [0.3, 0.4) is 0 Å². The number of nitrogens with zero attached hydrogens (tertiary/aromatic N) is 2. The number of hydrogen-bond acceptors (Lipinski definition) is 4. The Labute approximate surface area is 103 Å². The van der Waals surface area contributed by atoms with E-state index in [-0.39, 0.29) is 0 Å². The molecule has 0 radical (unpaired) electrons. The fourth-order valence-electron chi connectivity index (χ4n) is 1.29. The van der Waals surface area contributed by atoms with E-state index in [4.69, 9.17) is 27.7 Å². The van der Waals surface area contributed by atoms with Gasteiger partial charge in [0.1, 0.15) is 0 Å². The van der Waals surface area contributed by atoms with Crippen LogP contribution in [0.25, 0.3) is 11.5 Å². The normalized spacial score (nSPS) is 10.7. The Kier molecular flexibility index (Phi) is 3.43. The Balaban J connectivity index is 2.42. The molecule has 0 bridgehead atoms. The van der Waals surface area contributed by atoms with Crippen molar-refractivity contribution in [2.24, 2.45) is 0 Å². The van der Waals surface area contributed by atoms with Crippen molar-refractivity contribution >= 4 is 23.2 Å². The summed E-state index contributed by atoms with van der Waals surface area (Å²) in [5.41, 5.74) is 0.570. The Morgan fingerprint density at radius 2 is 2.00 bits per heavy atom. The predicted molar refractivity (Wildman–Crippen MR) is 62.5 cm³/mol. The van der Waals surface area contributed by atoms with Gasteiger partial charge in [-0.1, -0.05) is 34.4 Å². The van der Waals surface area contributed by atoms with Crippen molar-refractivity contribution in [1.29, 1.82) is 0 Å². The first-order valence-electron chi connectivity index (χ1n) is 4.64. The van der Waals surface area contributed by atoms with Crippen LogP contribution in [0.4, 0.5) is 0 Å². The molecule has 0 amide bonds. The van der Waals surface area contributed by atoms with Gasteiger partial charge in [0, 0.05) is 0 Å². The Hall–Kier alpha value is -1.10. The summed E-state index contributed by atoms with van der Waals surface area (Å²) in [6, 6.07) is 5.22. The van der Waals surface area contributed by atoms with Crippen molar-refractivity contribution < 1.29 is 4.52 Å². The Morgan fingerprint density at radius 1 is 1.31 bits per heavy atom. The highest BCUT2D eigenvalue weighted by Gasteiger charge is 2.15.